The Bertz CT molecular complexity index is 880. The average Bonchev–Trinajstić information content (AvgIpc) is 2.68. The van der Waals surface area contributed by atoms with Gasteiger partial charge in [0.15, 0.2) is 0 Å². The second-order valence-electron chi connectivity index (χ2n) is 6.75. The minimum Gasteiger partial charge on any atom is -0.374 e. The number of nitrogens with zero attached hydrogens (tertiary/aromatic N) is 2. The first-order chi connectivity index (χ1) is 12.9. The van der Waals surface area contributed by atoms with Crippen LogP contribution in [0.25, 0.3) is 0 Å². The van der Waals surface area contributed by atoms with E-state index in [2.05, 4.69) is 0 Å². The Balaban J connectivity index is 1.68. The van der Waals surface area contributed by atoms with Gasteiger partial charge in [0.25, 0.3) is 5.91 Å². The zero-order valence-electron chi connectivity index (χ0n) is 15.5. The van der Waals surface area contributed by atoms with Crippen molar-refractivity contribution in [3.63, 3.8) is 0 Å². The van der Waals surface area contributed by atoms with Gasteiger partial charge in [0.1, 0.15) is 0 Å². The third-order valence-electron chi connectivity index (χ3n) is 4.61. The second-order valence-corrected chi connectivity index (χ2v) is 8.90. The fourth-order valence-corrected chi connectivity index (χ4v) is 3.97. The summed E-state index contributed by atoms with van der Waals surface area (Å²) < 4.78 is 31.3. The molecule has 2 aromatic carbocycles. The molecule has 2 aromatic rings. The molecule has 0 saturated carbocycles. The van der Waals surface area contributed by atoms with E-state index in [0.29, 0.717) is 25.3 Å². The summed E-state index contributed by atoms with van der Waals surface area (Å²) >= 11 is 0. The van der Waals surface area contributed by atoms with Crippen LogP contribution in [0.15, 0.2) is 59.5 Å². The van der Waals surface area contributed by atoms with Crippen LogP contribution in [0.2, 0.25) is 0 Å². The molecule has 1 fully saturated rings. The van der Waals surface area contributed by atoms with Crippen molar-refractivity contribution in [2.45, 2.75) is 17.4 Å². The fraction of sp³-hybridized carbons (Fsp3) is 0.350. The Morgan fingerprint density at radius 1 is 1.11 bits per heavy atom. The van der Waals surface area contributed by atoms with Crippen molar-refractivity contribution in [1.82, 2.24) is 9.21 Å². The zero-order chi connectivity index (χ0) is 19.4. The van der Waals surface area contributed by atoms with Gasteiger partial charge in [0.05, 0.1) is 17.6 Å². The second kappa shape index (κ2) is 8.21. The van der Waals surface area contributed by atoms with Crippen LogP contribution in [0, 0.1) is 0 Å². The highest BCUT2D eigenvalue weighted by Crippen LogP contribution is 2.17. The van der Waals surface area contributed by atoms with E-state index >= 15 is 0 Å². The summed E-state index contributed by atoms with van der Waals surface area (Å²) in [5, 5.41) is 0. The maximum Gasteiger partial charge on any atom is 0.254 e. The van der Waals surface area contributed by atoms with Gasteiger partial charge in [0.2, 0.25) is 10.0 Å². The number of carbonyl (C=O) groups excluding carboxylic acids is 1. The Morgan fingerprint density at radius 3 is 2.41 bits per heavy atom. The molecular weight excluding hydrogens is 364 g/mol. The summed E-state index contributed by atoms with van der Waals surface area (Å²) in [6.45, 7) is 1.55. The van der Waals surface area contributed by atoms with Crippen molar-refractivity contribution in [3.8, 4) is 0 Å². The number of amides is 1. The molecule has 1 amide bonds. The van der Waals surface area contributed by atoms with Gasteiger partial charge in [-0.15, -0.1) is 0 Å². The Morgan fingerprint density at radius 2 is 1.78 bits per heavy atom. The normalized spacial score (nSPS) is 17.9. The van der Waals surface area contributed by atoms with Gasteiger partial charge >= 0.3 is 0 Å². The molecule has 1 atom stereocenters. The SMILES string of the molecule is CN(C)S(=O)(=O)c1ccc(C(=O)N2CCOC(Cc3ccccc3)C2)cc1. The molecule has 6 nitrogen and oxygen atoms in total. The molecule has 144 valence electrons. The van der Waals surface area contributed by atoms with Crippen LogP contribution in [0.1, 0.15) is 15.9 Å². The number of sulfonamides is 1. The quantitative estimate of drug-likeness (QED) is 0.786. The number of morpholine rings is 1. The van der Waals surface area contributed by atoms with Crippen LogP contribution >= 0.6 is 0 Å². The summed E-state index contributed by atoms with van der Waals surface area (Å²) in [6.07, 6.45) is 0.712. The maximum atomic E-state index is 12.8. The van der Waals surface area contributed by atoms with E-state index < -0.39 is 10.0 Å². The molecule has 1 heterocycles. The third kappa shape index (κ3) is 4.55. The first-order valence-corrected chi connectivity index (χ1v) is 10.3. The van der Waals surface area contributed by atoms with Crippen molar-refractivity contribution < 1.29 is 17.9 Å². The van der Waals surface area contributed by atoms with Crippen LogP contribution in [0.3, 0.4) is 0 Å². The Kier molecular flexibility index (Phi) is 5.94. The van der Waals surface area contributed by atoms with E-state index in [-0.39, 0.29) is 16.9 Å². The van der Waals surface area contributed by atoms with Gasteiger partial charge < -0.3 is 9.64 Å². The minimum absolute atomic E-state index is 0.0431. The molecule has 1 aliphatic heterocycles. The number of benzene rings is 2. The van der Waals surface area contributed by atoms with Crippen LogP contribution in [0.5, 0.6) is 0 Å². The molecule has 1 saturated heterocycles. The minimum atomic E-state index is -3.50. The zero-order valence-corrected chi connectivity index (χ0v) is 16.4. The van der Waals surface area contributed by atoms with Gasteiger partial charge in [-0.2, -0.15) is 0 Å². The van der Waals surface area contributed by atoms with Crippen LogP contribution in [-0.2, 0) is 21.2 Å². The summed E-state index contributed by atoms with van der Waals surface area (Å²) in [5.41, 5.74) is 1.66. The molecule has 0 radical (unpaired) electrons. The van der Waals surface area contributed by atoms with E-state index in [1.54, 1.807) is 17.0 Å². The highest BCUT2D eigenvalue weighted by atomic mass is 32.2. The molecule has 1 unspecified atom stereocenters. The average molecular weight is 388 g/mol. The number of rotatable bonds is 5. The summed E-state index contributed by atoms with van der Waals surface area (Å²) in [5.74, 6) is -0.106. The van der Waals surface area contributed by atoms with Crippen LogP contribution < -0.4 is 0 Å². The van der Waals surface area contributed by atoms with E-state index in [4.69, 9.17) is 4.74 Å². The monoisotopic (exact) mass is 388 g/mol. The number of hydrogen-bond acceptors (Lipinski definition) is 4. The molecule has 0 bridgehead atoms. The van der Waals surface area contributed by atoms with Crippen molar-refractivity contribution in [3.05, 3.63) is 65.7 Å². The predicted molar refractivity (Wildman–Crippen MR) is 103 cm³/mol. The molecule has 0 aliphatic carbocycles. The van der Waals surface area contributed by atoms with Crippen LogP contribution in [0.4, 0.5) is 0 Å². The molecular formula is C20H24N2O4S. The highest BCUT2D eigenvalue weighted by Gasteiger charge is 2.26. The molecule has 27 heavy (non-hydrogen) atoms. The van der Waals surface area contributed by atoms with Gasteiger partial charge in [-0.05, 0) is 29.8 Å². The smallest absolute Gasteiger partial charge is 0.254 e. The van der Waals surface area contributed by atoms with Gasteiger partial charge in [-0.25, -0.2) is 12.7 Å². The molecule has 1 aliphatic rings. The fourth-order valence-electron chi connectivity index (χ4n) is 3.07. The maximum absolute atomic E-state index is 12.8. The van der Waals surface area contributed by atoms with E-state index in [9.17, 15) is 13.2 Å². The van der Waals surface area contributed by atoms with E-state index in [1.807, 2.05) is 30.3 Å². The van der Waals surface area contributed by atoms with Crippen molar-refractivity contribution in [2.24, 2.45) is 0 Å². The first kappa shape index (κ1) is 19.5. The summed E-state index contributed by atoms with van der Waals surface area (Å²) in [4.78, 5) is 14.7. The third-order valence-corrected chi connectivity index (χ3v) is 6.44. The molecule has 0 aromatic heterocycles. The topological polar surface area (TPSA) is 66.9 Å². The van der Waals surface area contributed by atoms with Crippen LogP contribution in [-0.4, -0.2) is 63.4 Å². The van der Waals surface area contributed by atoms with E-state index in [0.717, 1.165) is 10.7 Å². The lowest BCUT2D eigenvalue weighted by atomic mass is 10.1. The predicted octanol–water partition coefficient (Wildman–Crippen LogP) is 2.02. The van der Waals surface area contributed by atoms with E-state index in [1.165, 1.54) is 31.8 Å². The lowest BCUT2D eigenvalue weighted by molar-refractivity contribution is -0.0208. The molecule has 0 spiro atoms. The highest BCUT2D eigenvalue weighted by molar-refractivity contribution is 7.89. The van der Waals surface area contributed by atoms with Gasteiger partial charge in [-0.1, -0.05) is 30.3 Å². The van der Waals surface area contributed by atoms with Gasteiger partial charge in [-0.3, -0.25) is 4.79 Å². The standard InChI is InChI=1S/C20H24N2O4S/c1-21(2)27(24,25)19-10-8-17(9-11-19)20(23)22-12-13-26-18(15-22)14-16-6-4-3-5-7-16/h3-11,18H,12-15H2,1-2H3. The Hall–Kier alpha value is -2.22. The summed E-state index contributed by atoms with van der Waals surface area (Å²) in [6, 6.07) is 16.1. The largest absolute Gasteiger partial charge is 0.374 e. The first-order valence-electron chi connectivity index (χ1n) is 8.85. The number of hydrogen-bond donors (Lipinski definition) is 0. The van der Waals surface area contributed by atoms with Crippen molar-refractivity contribution >= 4 is 15.9 Å². The lowest BCUT2D eigenvalue weighted by Crippen LogP contribution is -2.46. The Labute approximate surface area is 160 Å². The van der Waals surface area contributed by atoms with Crippen molar-refractivity contribution in [1.29, 1.82) is 0 Å². The van der Waals surface area contributed by atoms with Crippen molar-refractivity contribution in [2.75, 3.05) is 33.8 Å². The van der Waals surface area contributed by atoms with Gasteiger partial charge in [0, 0.05) is 39.2 Å². The summed E-state index contributed by atoms with van der Waals surface area (Å²) in [7, 11) is -0.537. The molecule has 7 heteroatoms. The number of carbonyl (C=O) groups is 1. The molecule has 0 N–H and O–H groups in total. The lowest BCUT2D eigenvalue weighted by Gasteiger charge is -2.33. The molecule has 3 rings (SSSR count). The number of ether oxygens (including phenoxy) is 1.